The van der Waals surface area contributed by atoms with E-state index in [2.05, 4.69) is 10.3 Å². The average Bonchev–Trinajstić information content (AvgIpc) is 2.54. The standard InChI is InChI=1S/C18H15FN2O2/c1-2-11-9-17(22)21-16-10-12(7-8-13(11)16)20-18(23)14-5-3-4-6-15(14)19/h3-10H,2H2,1H3,(H,20,23)(H,21,22). The molecule has 3 aromatic rings. The van der Waals surface area contributed by atoms with Crippen molar-refractivity contribution in [1.29, 1.82) is 0 Å². The molecule has 1 heterocycles. The maximum Gasteiger partial charge on any atom is 0.258 e. The molecular weight excluding hydrogens is 295 g/mol. The number of H-pyrrole nitrogens is 1. The molecule has 0 bridgehead atoms. The fourth-order valence-electron chi connectivity index (χ4n) is 2.55. The zero-order valence-electron chi connectivity index (χ0n) is 12.5. The van der Waals surface area contributed by atoms with Crippen LogP contribution < -0.4 is 10.9 Å². The van der Waals surface area contributed by atoms with Gasteiger partial charge in [0.25, 0.3) is 5.91 Å². The molecule has 3 rings (SSSR count). The molecule has 0 atom stereocenters. The lowest BCUT2D eigenvalue weighted by Crippen LogP contribution is -2.14. The minimum atomic E-state index is -0.576. The van der Waals surface area contributed by atoms with Crippen molar-refractivity contribution >= 4 is 22.5 Å². The zero-order valence-corrected chi connectivity index (χ0v) is 12.5. The Hall–Kier alpha value is -2.95. The molecule has 4 nitrogen and oxygen atoms in total. The number of benzene rings is 2. The van der Waals surface area contributed by atoms with Gasteiger partial charge in [0.1, 0.15) is 5.82 Å². The summed E-state index contributed by atoms with van der Waals surface area (Å²) in [6.45, 7) is 1.97. The van der Waals surface area contributed by atoms with Crippen LogP contribution in [0.2, 0.25) is 0 Å². The topological polar surface area (TPSA) is 62.0 Å². The highest BCUT2D eigenvalue weighted by molar-refractivity contribution is 6.05. The number of aromatic nitrogens is 1. The molecule has 0 aliphatic rings. The smallest absolute Gasteiger partial charge is 0.258 e. The van der Waals surface area contributed by atoms with Gasteiger partial charge in [-0.15, -0.1) is 0 Å². The van der Waals surface area contributed by atoms with E-state index in [1.165, 1.54) is 18.2 Å². The van der Waals surface area contributed by atoms with Gasteiger partial charge in [-0.3, -0.25) is 9.59 Å². The fraction of sp³-hybridized carbons (Fsp3) is 0.111. The number of halogens is 1. The second-order valence-electron chi connectivity index (χ2n) is 5.21. The van der Waals surface area contributed by atoms with Gasteiger partial charge in [-0.05, 0) is 36.2 Å². The van der Waals surface area contributed by atoms with E-state index >= 15 is 0 Å². The lowest BCUT2D eigenvalue weighted by molar-refractivity contribution is 0.102. The van der Waals surface area contributed by atoms with Crippen molar-refractivity contribution in [3.63, 3.8) is 0 Å². The van der Waals surface area contributed by atoms with Gasteiger partial charge in [0.15, 0.2) is 0 Å². The summed E-state index contributed by atoms with van der Waals surface area (Å²) in [7, 11) is 0. The molecule has 0 aliphatic carbocycles. The minimum absolute atomic E-state index is 0.0246. The van der Waals surface area contributed by atoms with Crippen molar-refractivity contribution < 1.29 is 9.18 Å². The number of hydrogen-bond acceptors (Lipinski definition) is 2. The van der Waals surface area contributed by atoms with Crippen molar-refractivity contribution in [2.45, 2.75) is 13.3 Å². The predicted molar refractivity (Wildman–Crippen MR) is 88.3 cm³/mol. The first-order valence-electron chi connectivity index (χ1n) is 7.30. The van der Waals surface area contributed by atoms with E-state index < -0.39 is 11.7 Å². The van der Waals surface area contributed by atoms with Crippen molar-refractivity contribution in [1.82, 2.24) is 4.98 Å². The highest BCUT2D eigenvalue weighted by atomic mass is 19.1. The molecule has 0 aliphatic heterocycles. The van der Waals surface area contributed by atoms with Gasteiger partial charge < -0.3 is 10.3 Å². The molecule has 0 radical (unpaired) electrons. The van der Waals surface area contributed by atoms with Crippen LogP contribution in [0.4, 0.5) is 10.1 Å². The Bertz CT molecular complexity index is 947. The van der Waals surface area contributed by atoms with Crippen LogP contribution in [0.1, 0.15) is 22.8 Å². The number of fused-ring (bicyclic) bond motifs is 1. The normalized spacial score (nSPS) is 10.7. The van der Waals surface area contributed by atoms with Crippen LogP contribution in [0.3, 0.4) is 0 Å². The van der Waals surface area contributed by atoms with E-state index in [1.54, 1.807) is 24.3 Å². The molecule has 2 aromatic carbocycles. The molecule has 0 fully saturated rings. The van der Waals surface area contributed by atoms with Crippen LogP contribution in [0.5, 0.6) is 0 Å². The van der Waals surface area contributed by atoms with Crippen molar-refractivity contribution in [2.24, 2.45) is 0 Å². The van der Waals surface area contributed by atoms with Crippen LogP contribution in [-0.2, 0) is 6.42 Å². The fourth-order valence-corrected chi connectivity index (χ4v) is 2.55. The number of rotatable bonds is 3. The predicted octanol–water partition coefficient (Wildman–Crippen LogP) is 3.48. The maximum absolute atomic E-state index is 13.6. The van der Waals surface area contributed by atoms with Crippen LogP contribution in [-0.4, -0.2) is 10.9 Å². The van der Waals surface area contributed by atoms with E-state index in [0.717, 1.165) is 17.4 Å². The molecule has 2 N–H and O–H groups in total. The quantitative estimate of drug-likeness (QED) is 0.778. The Labute approximate surface area is 132 Å². The van der Waals surface area contributed by atoms with E-state index in [9.17, 15) is 14.0 Å². The highest BCUT2D eigenvalue weighted by Crippen LogP contribution is 2.21. The summed E-state index contributed by atoms with van der Waals surface area (Å²) >= 11 is 0. The second-order valence-corrected chi connectivity index (χ2v) is 5.21. The number of carbonyl (C=O) groups is 1. The highest BCUT2D eigenvalue weighted by Gasteiger charge is 2.11. The third-order valence-electron chi connectivity index (χ3n) is 3.69. The van der Waals surface area contributed by atoms with E-state index in [-0.39, 0.29) is 11.1 Å². The summed E-state index contributed by atoms with van der Waals surface area (Å²) in [6, 6.07) is 12.6. The number of aromatic amines is 1. The van der Waals surface area contributed by atoms with E-state index in [1.807, 2.05) is 13.0 Å². The Morgan fingerprint density at radius 3 is 2.70 bits per heavy atom. The second kappa shape index (κ2) is 6.04. The minimum Gasteiger partial charge on any atom is -0.322 e. The van der Waals surface area contributed by atoms with Gasteiger partial charge in [0.2, 0.25) is 5.56 Å². The number of nitrogens with one attached hydrogen (secondary N) is 2. The monoisotopic (exact) mass is 310 g/mol. The van der Waals surface area contributed by atoms with Crippen LogP contribution >= 0.6 is 0 Å². The van der Waals surface area contributed by atoms with Crippen molar-refractivity contribution in [3.05, 3.63) is 75.8 Å². The largest absolute Gasteiger partial charge is 0.322 e. The van der Waals surface area contributed by atoms with Gasteiger partial charge in [-0.25, -0.2) is 4.39 Å². The molecule has 0 saturated carbocycles. The first kappa shape index (κ1) is 15.0. The van der Waals surface area contributed by atoms with Crippen molar-refractivity contribution in [3.8, 4) is 0 Å². The van der Waals surface area contributed by atoms with Crippen LogP contribution in [0.15, 0.2) is 53.3 Å². The lowest BCUT2D eigenvalue weighted by Gasteiger charge is -2.09. The summed E-state index contributed by atoms with van der Waals surface area (Å²) in [5, 5.41) is 3.57. The lowest BCUT2D eigenvalue weighted by atomic mass is 10.1. The van der Waals surface area contributed by atoms with Crippen LogP contribution in [0, 0.1) is 5.82 Å². The summed E-state index contributed by atoms with van der Waals surface area (Å²) in [5.74, 6) is -1.11. The number of carbonyl (C=O) groups excluding carboxylic acids is 1. The van der Waals surface area contributed by atoms with E-state index in [4.69, 9.17) is 0 Å². The molecule has 1 aromatic heterocycles. The summed E-state index contributed by atoms with van der Waals surface area (Å²) in [5.41, 5.74) is 1.86. The molecule has 0 unspecified atom stereocenters. The van der Waals surface area contributed by atoms with Gasteiger partial charge in [-0.1, -0.05) is 25.1 Å². The first-order chi connectivity index (χ1) is 11.1. The number of hydrogen-bond donors (Lipinski definition) is 2. The number of anilines is 1. The number of amides is 1. The molecular formula is C18H15FN2O2. The summed E-state index contributed by atoms with van der Waals surface area (Å²) in [6.07, 6.45) is 0.737. The first-order valence-corrected chi connectivity index (χ1v) is 7.30. The molecule has 0 spiro atoms. The Kier molecular flexibility index (Phi) is 3.93. The molecule has 5 heteroatoms. The Morgan fingerprint density at radius 2 is 1.96 bits per heavy atom. The van der Waals surface area contributed by atoms with Gasteiger partial charge >= 0.3 is 0 Å². The third kappa shape index (κ3) is 2.99. The SMILES string of the molecule is CCc1cc(=O)[nH]c2cc(NC(=O)c3ccccc3F)ccc12. The number of aryl methyl sites for hydroxylation is 1. The number of pyridine rings is 1. The molecule has 0 saturated heterocycles. The summed E-state index contributed by atoms with van der Waals surface area (Å²) in [4.78, 5) is 26.6. The molecule has 116 valence electrons. The zero-order chi connectivity index (χ0) is 16.4. The van der Waals surface area contributed by atoms with Gasteiger partial charge in [0, 0.05) is 17.1 Å². The molecule has 23 heavy (non-hydrogen) atoms. The third-order valence-corrected chi connectivity index (χ3v) is 3.69. The summed E-state index contributed by atoms with van der Waals surface area (Å²) < 4.78 is 13.6. The van der Waals surface area contributed by atoms with Gasteiger partial charge in [-0.2, -0.15) is 0 Å². The van der Waals surface area contributed by atoms with Crippen molar-refractivity contribution in [2.75, 3.05) is 5.32 Å². The van der Waals surface area contributed by atoms with Gasteiger partial charge in [0.05, 0.1) is 11.1 Å². The van der Waals surface area contributed by atoms with E-state index in [0.29, 0.717) is 11.2 Å². The maximum atomic E-state index is 13.6. The Balaban J connectivity index is 1.97. The van der Waals surface area contributed by atoms with Crippen LogP contribution in [0.25, 0.3) is 10.9 Å². The molecule has 1 amide bonds. The average molecular weight is 310 g/mol. The Morgan fingerprint density at radius 1 is 1.17 bits per heavy atom.